The van der Waals surface area contributed by atoms with Gasteiger partial charge in [0.2, 0.25) is 0 Å². The Balaban J connectivity index is 0.000000111. The molecule has 4 saturated heterocycles. The number of epoxide rings is 4. The third-order valence-electron chi connectivity index (χ3n) is 30.7. The zero-order valence-electron chi connectivity index (χ0n) is 78.1. The van der Waals surface area contributed by atoms with Gasteiger partial charge in [0.05, 0.1) is 67.3 Å². The Morgan fingerprint density at radius 3 is 0.793 bits per heavy atom. The maximum absolute atomic E-state index is 14.0. The zero-order valence-corrected chi connectivity index (χ0v) is 78.1. The number of anilines is 4. The van der Waals surface area contributed by atoms with E-state index in [0.717, 1.165) is 22.3 Å². The van der Waals surface area contributed by atoms with E-state index in [9.17, 15) is 79.2 Å². The Hall–Kier alpha value is -15.4. The molecule has 0 unspecified atom stereocenters. The molecule has 0 aromatic heterocycles. The number of carbonyl (C=O) groups excluding carboxylic acids is 8. The van der Waals surface area contributed by atoms with Crippen molar-refractivity contribution in [1.82, 2.24) is 0 Å². The third-order valence-corrected chi connectivity index (χ3v) is 30.7. The van der Waals surface area contributed by atoms with Crippen LogP contribution in [0.2, 0.25) is 0 Å². The maximum atomic E-state index is 14.0. The molecule has 0 radical (unpaired) electrons. The summed E-state index contributed by atoms with van der Waals surface area (Å²) in [6.07, 6.45) is 10.2. The molecule has 4 fully saturated rings. The van der Waals surface area contributed by atoms with Gasteiger partial charge in [-0.2, -0.15) is 0 Å². The van der Waals surface area contributed by atoms with Crippen LogP contribution < -0.4 is 21.3 Å². The summed E-state index contributed by atoms with van der Waals surface area (Å²) in [5, 5.41) is 103. The van der Waals surface area contributed by atoms with Crippen molar-refractivity contribution in [3.63, 3.8) is 0 Å². The van der Waals surface area contributed by atoms with Crippen LogP contribution in [-0.4, -0.2) is 158 Å². The van der Waals surface area contributed by atoms with Gasteiger partial charge in [-0.25, -0.2) is 0 Å². The van der Waals surface area contributed by atoms with E-state index in [4.69, 9.17) is 18.9 Å². The average molecular weight is 1860 g/mol. The predicted molar refractivity (Wildman–Crippen MR) is 517 cm³/mol. The zero-order chi connectivity index (χ0) is 98.8. The molecule has 24 nitrogen and oxygen atoms in total. The van der Waals surface area contributed by atoms with Gasteiger partial charge in [-0.15, -0.1) is 0 Å². The quantitative estimate of drug-likeness (QED) is 0.0382. The Morgan fingerprint density at radius 1 is 0.279 bits per heavy atom. The highest BCUT2D eigenvalue weighted by atomic mass is 16.7. The molecule has 24 heteroatoms. The van der Waals surface area contributed by atoms with Crippen LogP contribution in [0.15, 0.2) is 146 Å². The van der Waals surface area contributed by atoms with Gasteiger partial charge in [-0.1, -0.05) is 238 Å². The molecule has 140 heavy (non-hydrogen) atoms. The Morgan fingerprint density at radius 2 is 0.514 bits per heavy atom. The number of hydrogen-bond donors (Lipinski definition) is 12. The lowest BCUT2D eigenvalue weighted by molar-refractivity contribution is 0.0974. The lowest BCUT2D eigenvalue weighted by Crippen LogP contribution is -2.52. The number of ketones is 8. The SMILES string of the molecule is CCc1ccc2c(c1)C(=O)c1c(O)cc3c(c1C2=O)N[C@H]1C#C/C=C\C#C[C@@H](O)[C@@]32O[C@@]12C(C)C.CCc1ccc2c(c1)C(=O)c1c3c(cc(O)c1C2=O)[C@@]12O[C@@]1(C(C)C)[C@H](C#C/C=C\C#C[C@H]2O)N3.CCc1cccc2c1C(=O)c1c(O)cc3c(c1C2=O)N[C@H]1C#C/C=C\C#C[C@@H](O)[C@@]32O[C@@]12C(C)C.CCc1cccc2c1C(=O)c1c3c(cc(O)c1C2=O)[C@@]12O[C@@]1(C(C)C)[C@H](C#C/C=C\C#C[C@H]2O)N3. The number of phenolic OH excluding ortho intramolecular Hbond substituents is 4. The van der Waals surface area contributed by atoms with Crippen LogP contribution in [0.25, 0.3) is 0 Å². The summed E-state index contributed by atoms with van der Waals surface area (Å²) in [4.78, 5) is 110. The molecule has 8 aromatic rings. The summed E-state index contributed by atoms with van der Waals surface area (Å²) in [7, 11) is 0. The van der Waals surface area contributed by atoms with Gasteiger partial charge < -0.3 is 81.1 Å². The second-order valence-corrected chi connectivity index (χ2v) is 38.5. The number of aliphatic hydroxyl groups is 4. The van der Waals surface area contributed by atoms with E-state index in [2.05, 4.69) is 116 Å². The molecule has 8 aliphatic carbocycles. The van der Waals surface area contributed by atoms with E-state index in [0.29, 0.717) is 92.9 Å². The number of hydrogen-bond acceptors (Lipinski definition) is 24. The van der Waals surface area contributed by atoms with Gasteiger partial charge >= 0.3 is 0 Å². The fourth-order valence-corrected chi connectivity index (χ4v) is 24.1. The van der Waals surface area contributed by atoms with Gasteiger partial charge in [-0.3, -0.25) is 38.4 Å². The molecule has 0 amide bonds. The number of benzene rings is 8. The normalized spacial score (nSPS) is 29.7. The second kappa shape index (κ2) is 32.1. The van der Waals surface area contributed by atoms with E-state index < -0.39 is 117 Å². The molecule has 8 aromatic carbocycles. The molecule has 8 bridgehead atoms. The number of aromatic hydroxyl groups is 4. The van der Waals surface area contributed by atoms with Crippen LogP contribution in [0, 0.1) is 118 Å². The lowest BCUT2D eigenvalue weighted by Gasteiger charge is -2.38. The highest BCUT2D eigenvalue weighted by Crippen LogP contribution is 2.74. The van der Waals surface area contributed by atoms with Gasteiger partial charge in [0, 0.05) is 66.8 Å². The van der Waals surface area contributed by atoms with E-state index in [1.807, 2.05) is 107 Å². The van der Waals surface area contributed by atoms with Crippen LogP contribution in [0.3, 0.4) is 0 Å². The minimum absolute atomic E-state index is 0.0400. The molecule has 0 saturated carbocycles. The lowest BCUT2D eigenvalue weighted by atomic mass is 9.67. The molecule has 16 atom stereocenters. The molecular formula is C116H92N4O20. The summed E-state index contributed by atoms with van der Waals surface area (Å²) in [6.45, 7) is 23.6. The number of carbonyl (C=O) groups is 8. The Labute approximate surface area is 806 Å². The van der Waals surface area contributed by atoms with Gasteiger partial charge in [-0.05, 0) is 157 Å². The van der Waals surface area contributed by atoms with Crippen molar-refractivity contribution in [1.29, 1.82) is 0 Å². The Bertz CT molecular complexity index is 7730. The first kappa shape index (κ1) is 91.1. The standard InChI is InChI=1S/4C29H23NO5/c1-4-16-10-9-11-17-22(16)27(34)23-19(31)14-18-25(24(23)26(17)33)30-20-12-7-5-6-8-13-21(32)29(18)28(20,35-29)15(2)3;1-4-16-10-9-11-17-22(16)27(34)24-23(26(17)33)19(31)14-18-25(24)30-20-12-7-5-6-8-13-21(32)29(18)28(20,35-29)15(2)3;1-4-16-11-12-17-18(13-16)27(34)23-20(31)14-19-25(24(23)26(17)33)30-21-9-7-5-6-8-10-22(32)29(19)28(21,35-29)15(2)3;1-4-16-11-12-17-18(13-16)27(34)24-23(26(17)33)20(31)14-19-25(24)30-21-9-7-5-6-8-10-22(32)29(19)28(21,35-29)15(2)3/h2*5-6,9-11,14-15,20-21,30-32H,4H2,1-3H3;2*5-6,11-15,21-22,30-32H,4H2,1-3H3/b4*6-5-/t2*20-,21+,28-,29-;2*21-,22+,28-,29-/m0000/s1. The smallest absolute Gasteiger partial charge is 0.198 e. The molecule has 8 aliphatic heterocycles. The molecule has 12 N–H and O–H groups in total. The third kappa shape index (κ3) is 11.9. The number of fused-ring (bicyclic) bond motifs is 16. The van der Waals surface area contributed by atoms with Gasteiger partial charge in [0.15, 0.2) is 93.1 Å². The second-order valence-electron chi connectivity index (χ2n) is 38.5. The maximum Gasteiger partial charge on any atom is 0.198 e. The van der Waals surface area contributed by atoms with Crippen molar-refractivity contribution in [2.24, 2.45) is 23.7 Å². The van der Waals surface area contributed by atoms with Crippen LogP contribution in [0.4, 0.5) is 22.7 Å². The molecule has 8 heterocycles. The number of aryl methyl sites for hydroxylation is 4. The average Bonchev–Trinajstić information content (AvgIpc) is 1.49. The fraction of sp³-hybridized carbons (Fsp3) is 0.310. The number of rotatable bonds is 8. The fourth-order valence-electron chi connectivity index (χ4n) is 24.1. The van der Waals surface area contributed by atoms with Crippen molar-refractivity contribution in [3.05, 3.63) is 279 Å². The molecule has 696 valence electrons. The summed E-state index contributed by atoms with van der Waals surface area (Å²) in [6, 6.07) is 24.2. The summed E-state index contributed by atoms with van der Waals surface area (Å²) in [5.74, 6) is 42.3. The number of ether oxygens (including phenoxy) is 4. The molecular weight excluding hydrogens is 1770 g/mol. The van der Waals surface area contributed by atoms with Crippen molar-refractivity contribution in [2.45, 2.75) is 202 Å². The van der Waals surface area contributed by atoms with Crippen molar-refractivity contribution < 1.29 is 98.2 Å². The number of aliphatic hydroxyl groups excluding tert-OH is 4. The summed E-state index contributed by atoms with van der Waals surface area (Å²) >= 11 is 0. The molecule has 0 spiro atoms. The topological polar surface area (TPSA) is 397 Å². The number of phenols is 4. The van der Waals surface area contributed by atoms with Gasteiger partial charge in [0.1, 0.15) is 69.6 Å². The monoisotopic (exact) mass is 1860 g/mol. The van der Waals surface area contributed by atoms with Crippen LogP contribution in [0.1, 0.15) is 255 Å². The van der Waals surface area contributed by atoms with Crippen LogP contribution in [-0.2, 0) is 67.0 Å². The molecule has 16 aliphatic rings. The summed E-state index contributed by atoms with van der Waals surface area (Å²) in [5.41, 5.74) is -0.124. The van der Waals surface area contributed by atoms with Gasteiger partial charge in [0.25, 0.3) is 0 Å². The first-order chi connectivity index (χ1) is 67.1. The van der Waals surface area contributed by atoms with Crippen molar-refractivity contribution in [3.8, 4) is 118 Å². The molecule has 24 rings (SSSR count). The minimum atomic E-state index is -1.32. The van der Waals surface area contributed by atoms with Crippen molar-refractivity contribution in [2.75, 3.05) is 21.3 Å². The van der Waals surface area contributed by atoms with E-state index in [1.165, 1.54) is 24.3 Å². The number of allylic oxidation sites excluding steroid dienone is 8. The Kier molecular flexibility index (Phi) is 20.9. The number of nitrogens with one attached hydrogen (secondary N) is 4. The van der Waals surface area contributed by atoms with Crippen molar-refractivity contribution >= 4 is 69.0 Å². The minimum Gasteiger partial charge on any atom is -0.507 e. The van der Waals surface area contributed by atoms with E-state index in [-0.39, 0.29) is 137 Å². The van der Waals surface area contributed by atoms with E-state index >= 15 is 0 Å². The predicted octanol–water partition coefficient (Wildman–Crippen LogP) is 12.3. The highest BCUT2D eigenvalue weighted by molar-refractivity contribution is 6.35. The highest BCUT2D eigenvalue weighted by Gasteiger charge is 2.85. The largest absolute Gasteiger partial charge is 0.507 e. The summed E-state index contributed by atoms with van der Waals surface area (Å²) < 4.78 is 25.6. The first-order valence-corrected chi connectivity index (χ1v) is 46.9. The van der Waals surface area contributed by atoms with E-state index in [1.54, 1.807) is 97.1 Å². The first-order valence-electron chi connectivity index (χ1n) is 46.9. The van der Waals surface area contributed by atoms with Crippen LogP contribution >= 0.6 is 0 Å². The van der Waals surface area contributed by atoms with Crippen LogP contribution in [0.5, 0.6) is 23.0 Å².